The quantitative estimate of drug-likeness (QED) is 0.620. The Balaban J connectivity index is 1.54. The Hall–Kier alpha value is -3.56. The highest BCUT2D eigenvalue weighted by atomic mass is 19.4. The third-order valence-corrected chi connectivity index (χ3v) is 5.92. The van der Waals surface area contributed by atoms with E-state index in [9.17, 15) is 27.6 Å². The summed E-state index contributed by atoms with van der Waals surface area (Å²) in [4.78, 5) is 38.4. The first-order valence-electron chi connectivity index (χ1n) is 10.4. The molecule has 7 nitrogen and oxygen atoms in total. The summed E-state index contributed by atoms with van der Waals surface area (Å²) in [5.41, 5.74) is -2.86. The molecule has 174 valence electrons. The Kier molecular flexibility index (Phi) is 5.77. The number of imide groups is 1. The second-order valence-electron chi connectivity index (χ2n) is 8.09. The molecule has 0 spiro atoms. The van der Waals surface area contributed by atoms with E-state index >= 15 is 0 Å². The molecule has 2 N–H and O–H groups in total. The number of alkyl halides is 3. The molecule has 0 aromatic heterocycles. The summed E-state index contributed by atoms with van der Waals surface area (Å²) in [6.07, 6.45) is -3.34. The van der Waals surface area contributed by atoms with Crippen LogP contribution in [0, 0.1) is 5.92 Å². The van der Waals surface area contributed by atoms with Gasteiger partial charge in [0, 0.05) is 0 Å². The number of carbonyl (C=O) groups is 3. The van der Waals surface area contributed by atoms with Crippen LogP contribution in [0.15, 0.2) is 54.6 Å². The Labute approximate surface area is 187 Å². The van der Waals surface area contributed by atoms with Gasteiger partial charge in [0.2, 0.25) is 11.4 Å². The molecule has 4 amide bonds. The van der Waals surface area contributed by atoms with Gasteiger partial charge in [0.1, 0.15) is 12.3 Å². The number of amides is 4. The Bertz CT molecular complexity index is 1050. The molecule has 33 heavy (non-hydrogen) atoms. The number of nitrogens with zero attached hydrogens (tertiary/aromatic N) is 1. The predicted octanol–water partition coefficient (Wildman–Crippen LogP) is 3.27. The van der Waals surface area contributed by atoms with Gasteiger partial charge in [-0.15, -0.1) is 0 Å². The summed E-state index contributed by atoms with van der Waals surface area (Å²) in [6.45, 7) is -0.825. The average Bonchev–Trinajstić information content (AvgIpc) is 3.60. The monoisotopic (exact) mass is 461 g/mol. The molecule has 1 saturated carbocycles. The van der Waals surface area contributed by atoms with Gasteiger partial charge in [-0.2, -0.15) is 13.2 Å². The summed E-state index contributed by atoms with van der Waals surface area (Å²) in [6, 6.07) is 11.8. The van der Waals surface area contributed by atoms with Crippen LogP contribution >= 0.6 is 0 Å². The van der Waals surface area contributed by atoms with Gasteiger partial charge in [0.15, 0.2) is 0 Å². The first-order valence-corrected chi connectivity index (χ1v) is 10.4. The molecule has 1 aliphatic heterocycles. The van der Waals surface area contributed by atoms with Crippen LogP contribution in [0.3, 0.4) is 0 Å². The van der Waals surface area contributed by atoms with Crippen LogP contribution < -0.4 is 15.4 Å². The van der Waals surface area contributed by atoms with E-state index in [2.05, 4.69) is 5.32 Å². The first kappa shape index (κ1) is 22.6. The van der Waals surface area contributed by atoms with E-state index in [0.29, 0.717) is 10.6 Å². The molecule has 4 rings (SSSR count). The van der Waals surface area contributed by atoms with Gasteiger partial charge in [-0.3, -0.25) is 14.5 Å². The summed E-state index contributed by atoms with van der Waals surface area (Å²) in [5.74, 6) is -1.45. The van der Waals surface area contributed by atoms with Crippen LogP contribution in [0.5, 0.6) is 5.75 Å². The number of ether oxygens (including phenoxy) is 1. The van der Waals surface area contributed by atoms with Crippen LogP contribution in [0.1, 0.15) is 30.0 Å². The smallest absolute Gasteiger partial charge is 0.425 e. The van der Waals surface area contributed by atoms with Crippen LogP contribution in [0.2, 0.25) is 0 Å². The normalized spacial score (nSPS) is 21.5. The van der Waals surface area contributed by atoms with E-state index in [-0.39, 0.29) is 12.0 Å². The number of carbonyl (C=O) groups excluding carboxylic acids is 3. The van der Waals surface area contributed by atoms with Crippen LogP contribution in [-0.4, -0.2) is 42.6 Å². The number of benzene rings is 2. The highest BCUT2D eigenvalue weighted by molar-refractivity contribution is 6.10. The van der Waals surface area contributed by atoms with Crippen molar-refractivity contribution in [1.82, 2.24) is 15.5 Å². The molecule has 2 aromatic rings. The molecular formula is C23H22F3N3O4. The van der Waals surface area contributed by atoms with Crippen LogP contribution in [-0.2, 0) is 15.1 Å². The minimum Gasteiger partial charge on any atom is -0.497 e. The second kappa shape index (κ2) is 8.42. The Morgan fingerprint density at radius 3 is 2.33 bits per heavy atom. The number of urea groups is 1. The molecule has 2 atom stereocenters. The van der Waals surface area contributed by atoms with Gasteiger partial charge in [-0.25, -0.2) is 4.79 Å². The van der Waals surface area contributed by atoms with Crippen molar-refractivity contribution in [3.05, 3.63) is 65.7 Å². The summed E-state index contributed by atoms with van der Waals surface area (Å²) in [7, 11) is 1.53. The van der Waals surface area contributed by atoms with Crippen molar-refractivity contribution in [3.63, 3.8) is 0 Å². The number of methoxy groups -OCH3 is 1. The number of rotatable bonds is 7. The number of nitrogens with one attached hydrogen (secondary N) is 2. The number of hydrogen-bond donors (Lipinski definition) is 2. The summed E-state index contributed by atoms with van der Waals surface area (Å²) < 4.78 is 47.3. The molecule has 2 aliphatic rings. The van der Waals surface area contributed by atoms with E-state index in [4.69, 9.17) is 4.74 Å². The molecule has 0 radical (unpaired) electrons. The number of hydrogen-bond acceptors (Lipinski definition) is 4. The molecule has 1 heterocycles. The molecule has 1 aliphatic carbocycles. The van der Waals surface area contributed by atoms with E-state index in [1.807, 2.05) is 0 Å². The van der Waals surface area contributed by atoms with Crippen LogP contribution in [0.4, 0.5) is 18.0 Å². The number of halogens is 3. The standard InChI is InChI=1S/C23H22F3N3O4/c1-33-17-11-9-15(10-12-17)19(14-7-8-14)27-18(30)13-29-20(31)22(23(24,25)26,28-21(29)32)16-5-3-2-4-6-16/h2-6,9-12,14,19H,7-8,13H2,1H3,(H,27,30)(H,28,32). The topological polar surface area (TPSA) is 87.7 Å². The fraction of sp³-hybridized carbons (Fsp3) is 0.348. The van der Waals surface area contributed by atoms with E-state index in [0.717, 1.165) is 30.5 Å². The van der Waals surface area contributed by atoms with E-state index < -0.39 is 41.7 Å². The maximum Gasteiger partial charge on any atom is 0.425 e. The van der Waals surface area contributed by atoms with Crippen molar-refractivity contribution < 1.29 is 32.3 Å². The van der Waals surface area contributed by atoms with Crippen molar-refractivity contribution in [1.29, 1.82) is 0 Å². The lowest BCUT2D eigenvalue weighted by Gasteiger charge is -2.29. The molecular weight excluding hydrogens is 439 g/mol. The van der Waals surface area contributed by atoms with E-state index in [1.54, 1.807) is 29.6 Å². The fourth-order valence-electron chi connectivity index (χ4n) is 4.04. The van der Waals surface area contributed by atoms with Crippen molar-refractivity contribution in [2.45, 2.75) is 30.6 Å². The van der Waals surface area contributed by atoms with Gasteiger partial charge < -0.3 is 15.4 Å². The third-order valence-electron chi connectivity index (χ3n) is 5.92. The first-order chi connectivity index (χ1) is 15.7. The van der Waals surface area contributed by atoms with Gasteiger partial charge >= 0.3 is 12.2 Å². The Morgan fingerprint density at radius 2 is 1.79 bits per heavy atom. The molecule has 10 heteroatoms. The lowest BCUT2D eigenvalue weighted by molar-refractivity contribution is -0.198. The molecule has 2 unspecified atom stereocenters. The second-order valence-corrected chi connectivity index (χ2v) is 8.09. The molecule has 0 bridgehead atoms. The lowest BCUT2D eigenvalue weighted by atomic mass is 9.89. The molecule has 2 fully saturated rings. The average molecular weight is 461 g/mol. The zero-order valence-corrected chi connectivity index (χ0v) is 17.7. The third kappa shape index (κ3) is 4.12. The van der Waals surface area contributed by atoms with Gasteiger partial charge in [0.25, 0.3) is 5.91 Å². The van der Waals surface area contributed by atoms with Crippen molar-refractivity contribution in [2.75, 3.05) is 13.7 Å². The maximum atomic E-state index is 14.1. The van der Waals surface area contributed by atoms with Crippen molar-refractivity contribution in [3.8, 4) is 5.75 Å². The van der Waals surface area contributed by atoms with Gasteiger partial charge in [-0.1, -0.05) is 42.5 Å². The zero-order valence-electron chi connectivity index (χ0n) is 17.7. The lowest BCUT2D eigenvalue weighted by Crippen LogP contribution is -2.56. The summed E-state index contributed by atoms with van der Waals surface area (Å²) in [5, 5.41) is 4.55. The highest BCUT2D eigenvalue weighted by Crippen LogP contribution is 2.44. The maximum absolute atomic E-state index is 14.1. The van der Waals surface area contributed by atoms with Crippen molar-refractivity contribution >= 4 is 17.8 Å². The minimum atomic E-state index is -5.11. The largest absolute Gasteiger partial charge is 0.497 e. The summed E-state index contributed by atoms with van der Waals surface area (Å²) >= 11 is 0. The highest BCUT2D eigenvalue weighted by Gasteiger charge is 2.68. The van der Waals surface area contributed by atoms with Gasteiger partial charge in [0.05, 0.1) is 13.2 Å². The van der Waals surface area contributed by atoms with E-state index in [1.165, 1.54) is 25.3 Å². The predicted molar refractivity (Wildman–Crippen MR) is 111 cm³/mol. The molecule has 2 aromatic carbocycles. The fourth-order valence-corrected chi connectivity index (χ4v) is 4.04. The SMILES string of the molecule is COc1ccc(C(NC(=O)CN2C(=O)NC(c3ccccc3)(C(F)(F)F)C2=O)C2CC2)cc1. The Morgan fingerprint density at radius 1 is 1.15 bits per heavy atom. The molecule has 1 saturated heterocycles. The minimum absolute atomic E-state index is 0.170. The van der Waals surface area contributed by atoms with Crippen LogP contribution in [0.25, 0.3) is 0 Å². The van der Waals surface area contributed by atoms with Crippen molar-refractivity contribution in [2.24, 2.45) is 5.92 Å². The van der Waals surface area contributed by atoms with Gasteiger partial charge in [-0.05, 0) is 42.0 Å². The zero-order chi connectivity index (χ0) is 23.8.